The van der Waals surface area contributed by atoms with Gasteiger partial charge in [-0.15, -0.1) is 0 Å². The number of ether oxygens (including phenoxy) is 1. The minimum Gasteiger partial charge on any atom is -0.495 e. The minimum atomic E-state index is -3.86. The Bertz CT molecular complexity index is 1340. The van der Waals surface area contributed by atoms with Crippen molar-refractivity contribution in [1.29, 1.82) is 0 Å². The molecule has 0 bridgehead atoms. The highest BCUT2D eigenvalue weighted by Crippen LogP contribution is 2.29. The van der Waals surface area contributed by atoms with Gasteiger partial charge in [0.2, 0.25) is 15.9 Å². The molecule has 10 heteroatoms. The van der Waals surface area contributed by atoms with Crippen LogP contribution in [0.15, 0.2) is 50.5 Å². The van der Waals surface area contributed by atoms with E-state index >= 15 is 0 Å². The number of fused-ring (bicyclic) bond motifs is 1. The van der Waals surface area contributed by atoms with E-state index < -0.39 is 21.7 Å². The number of carbonyl (C=O) groups excluding carboxylic acids is 1. The Morgan fingerprint density at radius 3 is 2.75 bits per heavy atom. The Morgan fingerprint density at radius 1 is 1.22 bits per heavy atom. The maximum absolute atomic E-state index is 13.2. The molecule has 0 spiro atoms. The van der Waals surface area contributed by atoms with E-state index in [1.54, 1.807) is 19.2 Å². The average Bonchev–Trinajstić information content (AvgIpc) is 3.07. The Hall–Kier alpha value is -3.11. The number of rotatable bonds is 5. The summed E-state index contributed by atoms with van der Waals surface area (Å²) in [7, 11) is -0.775. The standard InChI is InChI=1S/C22H25N3O6S/c1-14-6-9-19(30-3)17(11-14)23-21(26)15-5-4-10-25(13-15)32(28,29)16-7-8-18-20(12-16)31-22(27)24(18)2/h6-9,11-12,15H,4-5,10,13H2,1-3H3,(H,23,26)/t15-/m0/s1. The highest BCUT2D eigenvalue weighted by atomic mass is 32.2. The minimum absolute atomic E-state index is 0.0285. The number of oxazole rings is 1. The van der Waals surface area contributed by atoms with Gasteiger partial charge in [-0.1, -0.05) is 6.07 Å². The van der Waals surface area contributed by atoms with Gasteiger partial charge in [0.1, 0.15) is 5.75 Å². The number of piperidine rings is 1. The van der Waals surface area contributed by atoms with Gasteiger partial charge in [-0.3, -0.25) is 9.36 Å². The zero-order valence-electron chi connectivity index (χ0n) is 18.1. The molecule has 9 nitrogen and oxygen atoms in total. The van der Waals surface area contributed by atoms with Crippen molar-refractivity contribution in [3.8, 4) is 5.75 Å². The van der Waals surface area contributed by atoms with Crippen LogP contribution in [-0.2, 0) is 21.9 Å². The lowest BCUT2D eigenvalue weighted by atomic mass is 9.98. The third-order valence-corrected chi connectivity index (χ3v) is 7.63. The van der Waals surface area contributed by atoms with Crippen molar-refractivity contribution in [3.05, 3.63) is 52.5 Å². The maximum atomic E-state index is 13.2. The van der Waals surface area contributed by atoms with Crippen molar-refractivity contribution in [2.45, 2.75) is 24.7 Å². The number of hydrogen-bond donors (Lipinski definition) is 1. The van der Waals surface area contributed by atoms with E-state index in [2.05, 4.69) is 5.32 Å². The van der Waals surface area contributed by atoms with Gasteiger partial charge in [-0.25, -0.2) is 13.2 Å². The first-order valence-corrected chi connectivity index (χ1v) is 11.7. The van der Waals surface area contributed by atoms with Gasteiger partial charge in [0.25, 0.3) is 0 Å². The molecule has 0 unspecified atom stereocenters. The number of methoxy groups -OCH3 is 1. The molecule has 32 heavy (non-hydrogen) atoms. The second-order valence-electron chi connectivity index (χ2n) is 7.95. The number of nitrogens with zero attached hydrogens (tertiary/aromatic N) is 2. The van der Waals surface area contributed by atoms with Crippen molar-refractivity contribution in [2.75, 3.05) is 25.5 Å². The average molecular weight is 460 g/mol. The van der Waals surface area contributed by atoms with Crippen molar-refractivity contribution in [1.82, 2.24) is 8.87 Å². The third-order valence-electron chi connectivity index (χ3n) is 5.77. The number of hydrogen-bond acceptors (Lipinski definition) is 6. The molecule has 1 amide bonds. The van der Waals surface area contributed by atoms with Crippen LogP contribution in [-0.4, -0.2) is 43.4 Å². The number of aromatic nitrogens is 1. The van der Waals surface area contributed by atoms with Crippen LogP contribution in [0.2, 0.25) is 0 Å². The maximum Gasteiger partial charge on any atom is 0.419 e. The molecule has 1 aliphatic rings. The largest absolute Gasteiger partial charge is 0.495 e. The highest BCUT2D eigenvalue weighted by Gasteiger charge is 2.34. The number of anilines is 1. The van der Waals surface area contributed by atoms with Gasteiger partial charge in [-0.05, 0) is 49.6 Å². The van der Waals surface area contributed by atoms with Crippen LogP contribution in [0.3, 0.4) is 0 Å². The number of sulfonamides is 1. The van der Waals surface area contributed by atoms with E-state index in [4.69, 9.17) is 9.15 Å². The fourth-order valence-electron chi connectivity index (χ4n) is 3.95. The quantitative estimate of drug-likeness (QED) is 0.628. The molecule has 0 saturated carbocycles. The van der Waals surface area contributed by atoms with E-state index in [9.17, 15) is 18.0 Å². The summed E-state index contributed by atoms with van der Waals surface area (Å²) in [5.41, 5.74) is 2.24. The van der Waals surface area contributed by atoms with Gasteiger partial charge in [0.05, 0.1) is 29.1 Å². The summed E-state index contributed by atoms with van der Waals surface area (Å²) in [4.78, 5) is 24.7. The molecule has 0 aliphatic carbocycles. The number of nitrogens with one attached hydrogen (secondary N) is 1. The van der Waals surface area contributed by atoms with Crippen molar-refractivity contribution in [2.24, 2.45) is 13.0 Å². The first-order chi connectivity index (χ1) is 15.2. The van der Waals surface area contributed by atoms with Gasteiger partial charge < -0.3 is 14.5 Å². The Labute approximate surface area is 185 Å². The summed E-state index contributed by atoms with van der Waals surface area (Å²) in [5.74, 6) is -0.766. The zero-order valence-corrected chi connectivity index (χ0v) is 18.9. The van der Waals surface area contributed by atoms with E-state index in [1.165, 1.54) is 28.1 Å². The highest BCUT2D eigenvalue weighted by molar-refractivity contribution is 7.89. The SMILES string of the molecule is COc1ccc(C)cc1NC(=O)[C@H]1CCCN(S(=O)(=O)c2ccc3c(c2)oc(=O)n3C)C1. The smallest absolute Gasteiger partial charge is 0.419 e. The van der Waals surface area contributed by atoms with Crippen LogP contribution >= 0.6 is 0 Å². The second kappa shape index (κ2) is 8.44. The van der Waals surface area contributed by atoms with Crippen molar-refractivity contribution >= 4 is 32.7 Å². The van der Waals surface area contributed by atoms with E-state index in [-0.39, 0.29) is 22.9 Å². The fourth-order valence-corrected chi connectivity index (χ4v) is 5.49. The molecule has 0 radical (unpaired) electrons. The number of carbonyl (C=O) groups is 1. The van der Waals surface area contributed by atoms with Crippen LogP contribution in [0.25, 0.3) is 11.1 Å². The molecule has 2 aromatic carbocycles. The monoisotopic (exact) mass is 459 g/mol. The predicted molar refractivity (Wildman–Crippen MR) is 119 cm³/mol. The van der Waals surface area contributed by atoms with Crippen LogP contribution in [0, 0.1) is 12.8 Å². The lowest BCUT2D eigenvalue weighted by Gasteiger charge is -2.31. The Morgan fingerprint density at radius 2 is 2.00 bits per heavy atom. The topological polar surface area (TPSA) is 111 Å². The summed E-state index contributed by atoms with van der Waals surface area (Å²) >= 11 is 0. The third kappa shape index (κ3) is 4.03. The zero-order chi connectivity index (χ0) is 23.0. The number of amides is 1. The Kier molecular flexibility index (Phi) is 5.83. The normalized spacial score (nSPS) is 17.4. The van der Waals surface area contributed by atoms with Gasteiger partial charge in [-0.2, -0.15) is 4.31 Å². The Balaban J connectivity index is 1.55. The first kappa shape index (κ1) is 22.1. The summed E-state index contributed by atoms with van der Waals surface area (Å²) in [6, 6.07) is 9.83. The van der Waals surface area contributed by atoms with Crippen LogP contribution in [0.5, 0.6) is 5.75 Å². The molecule has 1 aromatic heterocycles. The summed E-state index contributed by atoms with van der Waals surface area (Å²) in [5, 5.41) is 2.88. The van der Waals surface area contributed by atoms with Gasteiger partial charge in [0, 0.05) is 26.2 Å². The van der Waals surface area contributed by atoms with E-state index in [0.717, 1.165) is 5.56 Å². The molecule has 4 rings (SSSR count). The summed E-state index contributed by atoms with van der Waals surface area (Å²) < 4.78 is 39.6. The molecule has 170 valence electrons. The van der Waals surface area contributed by atoms with Crippen LogP contribution < -0.4 is 15.8 Å². The van der Waals surface area contributed by atoms with Crippen molar-refractivity contribution in [3.63, 3.8) is 0 Å². The number of aryl methyl sites for hydroxylation is 2. The summed E-state index contributed by atoms with van der Waals surface area (Å²) in [6.45, 7) is 2.30. The second-order valence-corrected chi connectivity index (χ2v) is 9.89. The molecule has 1 aliphatic heterocycles. The molecular weight excluding hydrogens is 434 g/mol. The lowest BCUT2D eigenvalue weighted by Crippen LogP contribution is -2.43. The lowest BCUT2D eigenvalue weighted by molar-refractivity contribution is -0.120. The number of benzene rings is 2. The van der Waals surface area contributed by atoms with E-state index in [0.29, 0.717) is 36.3 Å². The van der Waals surface area contributed by atoms with E-state index in [1.807, 2.05) is 19.1 Å². The van der Waals surface area contributed by atoms with Gasteiger partial charge >= 0.3 is 5.76 Å². The van der Waals surface area contributed by atoms with Crippen LogP contribution in [0.1, 0.15) is 18.4 Å². The molecule has 3 aromatic rings. The van der Waals surface area contributed by atoms with Gasteiger partial charge in [0.15, 0.2) is 5.58 Å². The summed E-state index contributed by atoms with van der Waals surface area (Å²) in [6.07, 6.45) is 1.14. The molecular formula is C22H25N3O6S. The van der Waals surface area contributed by atoms with Crippen LogP contribution in [0.4, 0.5) is 5.69 Å². The molecule has 1 N–H and O–H groups in total. The molecule has 1 fully saturated rings. The molecule has 2 heterocycles. The predicted octanol–water partition coefficient (Wildman–Crippen LogP) is 2.49. The molecule has 1 saturated heterocycles. The fraction of sp³-hybridized carbons (Fsp3) is 0.364. The molecule has 1 atom stereocenters. The van der Waals surface area contributed by atoms with Crippen molar-refractivity contribution < 1.29 is 22.4 Å². The first-order valence-electron chi connectivity index (χ1n) is 10.3.